The molecule has 2 aromatic carbocycles. The van der Waals surface area contributed by atoms with E-state index in [-0.39, 0.29) is 0 Å². The highest BCUT2D eigenvalue weighted by Gasteiger charge is 1.97. The lowest BCUT2D eigenvalue weighted by Crippen LogP contribution is -1.82. The van der Waals surface area contributed by atoms with E-state index in [0.29, 0.717) is 6.42 Å². The maximum atomic E-state index is 8.59. The van der Waals surface area contributed by atoms with E-state index in [9.17, 15) is 0 Å². The molecule has 0 aliphatic rings. The molecule has 0 N–H and O–H groups in total. The van der Waals surface area contributed by atoms with E-state index >= 15 is 0 Å². The monoisotopic (exact) mass is 207 g/mol. The normalized spacial score (nSPS) is 9.75. The van der Waals surface area contributed by atoms with Crippen LogP contribution in [0.25, 0.3) is 11.1 Å². The Bertz CT molecular complexity index is 501. The summed E-state index contributed by atoms with van der Waals surface area (Å²) in [5, 5.41) is 8.59. The van der Waals surface area contributed by atoms with E-state index in [4.69, 9.17) is 5.26 Å². The number of nitrogens with zero attached hydrogens (tertiary/aromatic N) is 1. The van der Waals surface area contributed by atoms with Crippen molar-refractivity contribution in [3.63, 3.8) is 0 Å². The van der Waals surface area contributed by atoms with Crippen molar-refractivity contribution in [3.05, 3.63) is 59.7 Å². The number of hydrogen-bond donors (Lipinski definition) is 0. The lowest BCUT2D eigenvalue weighted by molar-refractivity contribution is 1.26. The predicted molar refractivity (Wildman–Crippen MR) is 65.9 cm³/mol. The summed E-state index contributed by atoms with van der Waals surface area (Å²) in [6, 6.07) is 18.8. The van der Waals surface area contributed by atoms with Gasteiger partial charge in [0.15, 0.2) is 0 Å². The maximum absolute atomic E-state index is 8.59. The van der Waals surface area contributed by atoms with Gasteiger partial charge in [-0.2, -0.15) is 5.26 Å². The van der Waals surface area contributed by atoms with Crippen molar-refractivity contribution in [2.45, 2.75) is 13.3 Å². The van der Waals surface area contributed by atoms with Crippen LogP contribution in [0.1, 0.15) is 11.1 Å². The Kier molecular flexibility index (Phi) is 3.03. The van der Waals surface area contributed by atoms with Gasteiger partial charge in [0.2, 0.25) is 0 Å². The summed E-state index contributed by atoms with van der Waals surface area (Å²) in [7, 11) is 0. The number of hydrogen-bond acceptors (Lipinski definition) is 1. The summed E-state index contributed by atoms with van der Waals surface area (Å²) in [6.45, 7) is 2.08. The SMILES string of the molecule is Cc1ccc(-c2ccc(CC#N)cc2)cc1. The van der Waals surface area contributed by atoms with Gasteiger partial charge in [-0.05, 0) is 23.6 Å². The summed E-state index contributed by atoms with van der Waals surface area (Å²) in [4.78, 5) is 0. The summed E-state index contributed by atoms with van der Waals surface area (Å²) >= 11 is 0. The van der Waals surface area contributed by atoms with Crippen molar-refractivity contribution >= 4 is 0 Å². The Balaban J connectivity index is 2.28. The summed E-state index contributed by atoms with van der Waals surface area (Å²) < 4.78 is 0. The molecule has 0 aliphatic carbocycles. The van der Waals surface area contributed by atoms with Crippen LogP contribution < -0.4 is 0 Å². The van der Waals surface area contributed by atoms with Crippen LogP contribution in [0.5, 0.6) is 0 Å². The molecule has 0 saturated heterocycles. The standard InChI is InChI=1S/C15H13N/c1-12-2-6-14(7-3-12)15-8-4-13(5-9-15)10-11-16/h2-9H,10H2,1H3. The summed E-state index contributed by atoms with van der Waals surface area (Å²) in [5.41, 5.74) is 4.75. The summed E-state index contributed by atoms with van der Waals surface area (Å²) in [5.74, 6) is 0. The molecule has 0 aliphatic heterocycles. The molecule has 2 rings (SSSR count). The molecule has 0 radical (unpaired) electrons. The first-order valence-electron chi connectivity index (χ1n) is 5.32. The molecule has 1 heteroatoms. The molecule has 0 aromatic heterocycles. The van der Waals surface area contributed by atoms with Gasteiger partial charge in [-0.3, -0.25) is 0 Å². The molecule has 0 heterocycles. The van der Waals surface area contributed by atoms with Gasteiger partial charge in [0.1, 0.15) is 0 Å². The van der Waals surface area contributed by atoms with Crippen molar-refractivity contribution in [1.29, 1.82) is 5.26 Å². The largest absolute Gasteiger partial charge is 0.198 e. The Morgan fingerprint density at radius 3 is 1.88 bits per heavy atom. The number of benzene rings is 2. The van der Waals surface area contributed by atoms with Crippen LogP contribution in [0.2, 0.25) is 0 Å². The molecule has 0 bridgehead atoms. The van der Waals surface area contributed by atoms with Gasteiger partial charge in [-0.25, -0.2) is 0 Å². The highest BCUT2D eigenvalue weighted by Crippen LogP contribution is 2.20. The van der Waals surface area contributed by atoms with Crippen LogP contribution in [0.3, 0.4) is 0 Å². The average molecular weight is 207 g/mol. The Labute approximate surface area is 96.0 Å². The highest BCUT2D eigenvalue weighted by atomic mass is 14.2. The van der Waals surface area contributed by atoms with Crippen molar-refractivity contribution < 1.29 is 0 Å². The molecule has 0 fully saturated rings. The minimum Gasteiger partial charge on any atom is -0.198 e. The highest BCUT2D eigenvalue weighted by molar-refractivity contribution is 5.63. The second-order valence-electron chi connectivity index (χ2n) is 3.90. The Morgan fingerprint density at radius 1 is 0.875 bits per heavy atom. The van der Waals surface area contributed by atoms with Gasteiger partial charge in [-0.1, -0.05) is 54.1 Å². The maximum Gasteiger partial charge on any atom is 0.0669 e. The van der Waals surface area contributed by atoms with Crippen LogP contribution in [-0.4, -0.2) is 0 Å². The van der Waals surface area contributed by atoms with Crippen molar-refractivity contribution in [1.82, 2.24) is 0 Å². The molecular weight excluding hydrogens is 194 g/mol. The van der Waals surface area contributed by atoms with Crippen LogP contribution in [-0.2, 0) is 6.42 Å². The lowest BCUT2D eigenvalue weighted by atomic mass is 10.0. The van der Waals surface area contributed by atoms with Crippen LogP contribution in [0.4, 0.5) is 0 Å². The van der Waals surface area contributed by atoms with Gasteiger partial charge in [-0.15, -0.1) is 0 Å². The second kappa shape index (κ2) is 4.63. The number of rotatable bonds is 2. The smallest absolute Gasteiger partial charge is 0.0669 e. The molecule has 78 valence electrons. The molecule has 0 saturated carbocycles. The third-order valence-electron chi connectivity index (χ3n) is 2.62. The molecule has 0 atom stereocenters. The lowest BCUT2D eigenvalue weighted by Gasteiger charge is -2.03. The van der Waals surface area contributed by atoms with Crippen LogP contribution in [0.15, 0.2) is 48.5 Å². The van der Waals surface area contributed by atoms with Gasteiger partial charge >= 0.3 is 0 Å². The molecular formula is C15H13N. The fourth-order valence-corrected chi connectivity index (χ4v) is 1.65. The van der Waals surface area contributed by atoms with Gasteiger partial charge < -0.3 is 0 Å². The Hall–Kier alpha value is -2.07. The zero-order chi connectivity index (χ0) is 11.4. The zero-order valence-corrected chi connectivity index (χ0v) is 9.27. The van der Waals surface area contributed by atoms with Crippen LogP contribution in [0, 0.1) is 18.3 Å². The average Bonchev–Trinajstić information content (AvgIpc) is 2.32. The van der Waals surface area contributed by atoms with E-state index in [1.807, 2.05) is 12.1 Å². The van der Waals surface area contributed by atoms with Gasteiger partial charge in [0, 0.05) is 0 Å². The van der Waals surface area contributed by atoms with Crippen LogP contribution >= 0.6 is 0 Å². The van der Waals surface area contributed by atoms with Gasteiger partial charge in [0.25, 0.3) is 0 Å². The topological polar surface area (TPSA) is 23.8 Å². The number of nitriles is 1. The molecule has 16 heavy (non-hydrogen) atoms. The van der Waals surface area contributed by atoms with Crippen molar-refractivity contribution in [2.24, 2.45) is 0 Å². The fourth-order valence-electron chi connectivity index (χ4n) is 1.65. The van der Waals surface area contributed by atoms with E-state index in [2.05, 4.69) is 49.4 Å². The first-order chi connectivity index (χ1) is 7.79. The van der Waals surface area contributed by atoms with E-state index in [0.717, 1.165) is 5.56 Å². The quantitative estimate of drug-likeness (QED) is 0.736. The molecule has 0 spiro atoms. The van der Waals surface area contributed by atoms with Crippen molar-refractivity contribution in [2.75, 3.05) is 0 Å². The second-order valence-corrected chi connectivity index (χ2v) is 3.90. The van der Waals surface area contributed by atoms with E-state index < -0.39 is 0 Å². The minimum absolute atomic E-state index is 0.480. The van der Waals surface area contributed by atoms with Crippen molar-refractivity contribution in [3.8, 4) is 17.2 Å². The molecule has 2 aromatic rings. The Morgan fingerprint density at radius 2 is 1.38 bits per heavy atom. The molecule has 0 amide bonds. The third kappa shape index (κ3) is 2.29. The van der Waals surface area contributed by atoms with E-state index in [1.165, 1.54) is 16.7 Å². The predicted octanol–water partition coefficient (Wildman–Crippen LogP) is 3.73. The molecule has 1 nitrogen and oxygen atoms in total. The first kappa shape index (κ1) is 10.4. The van der Waals surface area contributed by atoms with E-state index in [1.54, 1.807) is 0 Å². The third-order valence-corrected chi connectivity index (χ3v) is 2.62. The summed E-state index contributed by atoms with van der Waals surface area (Å²) in [6.07, 6.45) is 0.480. The first-order valence-corrected chi connectivity index (χ1v) is 5.32. The zero-order valence-electron chi connectivity index (χ0n) is 9.27. The molecule has 0 unspecified atom stereocenters. The fraction of sp³-hybridized carbons (Fsp3) is 0.133. The van der Waals surface area contributed by atoms with Gasteiger partial charge in [0.05, 0.1) is 12.5 Å². The minimum atomic E-state index is 0.480. The number of aryl methyl sites for hydroxylation is 1.